The average Bonchev–Trinajstić information content (AvgIpc) is 2.96. The zero-order valence-electron chi connectivity index (χ0n) is 15.8. The van der Waals surface area contributed by atoms with Crippen molar-refractivity contribution in [3.8, 4) is 5.69 Å². The van der Waals surface area contributed by atoms with E-state index in [4.69, 9.17) is 0 Å². The number of hydrogen-bond donors (Lipinski definition) is 1. The first kappa shape index (κ1) is 18.5. The van der Waals surface area contributed by atoms with E-state index < -0.39 is 0 Å². The predicted molar refractivity (Wildman–Crippen MR) is 107 cm³/mol. The van der Waals surface area contributed by atoms with Gasteiger partial charge in [-0.2, -0.15) is 0 Å². The summed E-state index contributed by atoms with van der Waals surface area (Å²) in [5.74, 6) is -0.401. The minimum Gasteiger partial charge on any atom is -0.332 e. The Bertz CT molecular complexity index is 946. The number of para-hydroxylation sites is 2. The number of benzene rings is 2. The van der Waals surface area contributed by atoms with Gasteiger partial charge in [-0.05, 0) is 44.2 Å². The highest BCUT2D eigenvalue weighted by Gasteiger charge is 2.21. The van der Waals surface area contributed by atoms with Crippen LogP contribution in [0.5, 0.6) is 0 Å². The molecule has 0 aliphatic rings. The molecule has 138 valence electrons. The van der Waals surface area contributed by atoms with Crippen molar-refractivity contribution in [2.45, 2.75) is 13.8 Å². The van der Waals surface area contributed by atoms with Crippen molar-refractivity contribution in [1.29, 1.82) is 0 Å². The smallest absolute Gasteiger partial charge is 0.255 e. The summed E-state index contributed by atoms with van der Waals surface area (Å²) in [6.07, 6.45) is 0. The summed E-state index contributed by atoms with van der Waals surface area (Å²) in [7, 11) is 1.64. The van der Waals surface area contributed by atoms with E-state index in [1.54, 1.807) is 7.05 Å². The van der Waals surface area contributed by atoms with E-state index in [0.29, 0.717) is 11.3 Å². The molecular formula is C22H23N3O2. The van der Waals surface area contributed by atoms with Crippen LogP contribution in [-0.4, -0.2) is 34.9 Å². The molecule has 3 aromatic rings. The molecule has 1 aromatic heterocycles. The molecule has 5 heteroatoms. The van der Waals surface area contributed by atoms with Crippen molar-refractivity contribution in [3.63, 3.8) is 0 Å². The summed E-state index contributed by atoms with van der Waals surface area (Å²) in [6.45, 7) is 3.88. The molecule has 0 saturated heterocycles. The third-order valence-electron chi connectivity index (χ3n) is 4.46. The standard InChI is InChI=1S/C22H23N3O2/c1-16-14-20(17(2)25(16)19-12-8-5-9-13-19)22(27)24(3)15-21(26)23-18-10-6-4-7-11-18/h4-14H,15H2,1-3H3,(H,23,26). The number of carbonyl (C=O) groups is 2. The van der Waals surface area contributed by atoms with Crippen molar-refractivity contribution >= 4 is 17.5 Å². The summed E-state index contributed by atoms with van der Waals surface area (Å²) in [6, 6.07) is 21.0. The zero-order chi connectivity index (χ0) is 19.4. The summed E-state index contributed by atoms with van der Waals surface area (Å²) >= 11 is 0. The van der Waals surface area contributed by atoms with Gasteiger partial charge in [0.2, 0.25) is 5.91 Å². The normalized spacial score (nSPS) is 10.5. The van der Waals surface area contributed by atoms with Crippen molar-refractivity contribution in [2.24, 2.45) is 0 Å². The van der Waals surface area contributed by atoms with E-state index in [1.165, 1.54) is 4.90 Å². The van der Waals surface area contributed by atoms with Crippen LogP contribution < -0.4 is 5.32 Å². The molecule has 2 aromatic carbocycles. The van der Waals surface area contributed by atoms with Crippen LogP contribution in [0.3, 0.4) is 0 Å². The van der Waals surface area contributed by atoms with Crippen molar-refractivity contribution in [1.82, 2.24) is 9.47 Å². The van der Waals surface area contributed by atoms with Gasteiger partial charge in [-0.3, -0.25) is 9.59 Å². The fourth-order valence-corrected chi connectivity index (χ4v) is 3.17. The number of anilines is 1. The molecule has 5 nitrogen and oxygen atoms in total. The Kier molecular flexibility index (Phi) is 5.41. The molecule has 0 saturated carbocycles. The third-order valence-corrected chi connectivity index (χ3v) is 4.46. The third kappa shape index (κ3) is 4.08. The van der Waals surface area contributed by atoms with Crippen LogP contribution in [0.2, 0.25) is 0 Å². The van der Waals surface area contributed by atoms with Gasteiger partial charge in [0, 0.05) is 29.8 Å². The first-order valence-electron chi connectivity index (χ1n) is 8.82. The molecule has 0 aliphatic heterocycles. The van der Waals surface area contributed by atoms with Crippen LogP contribution in [-0.2, 0) is 4.79 Å². The second kappa shape index (κ2) is 7.91. The quantitative estimate of drug-likeness (QED) is 0.751. The minimum absolute atomic E-state index is 0.0112. The van der Waals surface area contributed by atoms with Crippen molar-refractivity contribution in [2.75, 3.05) is 18.9 Å². The number of hydrogen-bond acceptors (Lipinski definition) is 2. The van der Waals surface area contributed by atoms with Gasteiger partial charge >= 0.3 is 0 Å². The number of likely N-dealkylation sites (N-methyl/N-ethyl adjacent to an activating group) is 1. The van der Waals surface area contributed by atoms with Gasteiger partial charge in [0.15, 0.2) is 0 Å². The Balaban J connectivity index is 1.75. The maximum Gasteiger partial charge on any atom is 0.255 e. The number of aryl methyl sites for hydroxylation is 1. The fraction of sp³-hybridized carbons (Fsp3) is 0.182. The number of amides is 2. The molecule has 2 amide bonds. The van der Waals surface area contributed by atoms with Crippen LogP contribution >= 0.6 is 0 Å². The summed E-state index contributed by atoms with van der Waals surface area (Å²) in [5, 5.41) is 2.80. The maximum atomic E-state index is 12.9. The van der Waals surface area contributed by atoms with E-state index in [1.807, 2.05) is 85.1 Å². The van der Waals surface area contributed by atoms with E-state index in [2.05, 4.69) is 5.32 Å². The summed E-state index contributed by atoms with van der Waals surface area (Å²) in [5.41, 5.74) is 4.16. The Labute approximate surface area is 159 Å². The Morgan fingerprint density at radius 1 is 0.963 bits per heavy atom. The molecule has 0 unspecified atom stereocenters. The molecule has 0 atom stereocenters. The molecule has 1 N–H and O–H groups in total. The van der Waals surface area contributed by atoms with Crippen molar-refractivity contribution < 1.29 is 9.59 Å². The van der Waals surface area contributed by atoms with Gasteiger partial charge in [0.1, 0.15) is 0 Å². The Morgan fingerprint density at radius 3 is 2.19 bits per heavy atom. The van der Waals surface area contributed by atoms with E-state index in [9.17, 15) is 9.59 Å². The fourth-order valence-electron chi connectivity index (χ4n) is 3.17. The Hall–Kier alpha value is -3.34. The topological polar surface area (TPSA) is 54.3 Å². The molecule has 27 heavy (non-hydrogen) atoms. The highest BCUT2D eigenvalue weighted by Crippen LogP contribution is 2.21. The number of rotatable bonds is 5. The van der Waals surface area contributed by atoms with E-state index in [-0.39, 0.29) is 18.4 Å². The lowest BCUT2D eigenvalue weighted by Crippen LogP contribution is -2.35. The first-order chi connectivity index (χ1) is 13.0. The van der Waals surface area contributed by atoms with Gasteiger partial charge in [0.05, 0.1) is 12.1 Å². The summed E-state index contributed by atoms with van der Waals surface area (Å²) < 4.78 is 2.05. The molecule has 0 fully saturated rings. The number of carbonyl (C=O) groups excluding carboxylic acids is 2. The molecular weight excluding hydrogens is 338 g/mol. The molecule has 0 radical (unpaired) electrons. The lowest BCUT2D eigenvalue weighted by atomic mass is 10.2. The van der Waals surface area contributed by atoms with E-state index >= 15 is 0 Å². The van der Waals surface area contributed by atoms with Crippen LogP contribution in [0.1, 0.15) is 21.7 Å². The molecule has 0 bridgehead atoms. The number of nitrogens with one attached hydrogen (secondary N) is 1. The van der Waals surface area contributed by atoms with Gasteiger partial charge in [-0.1, -0.05) is 36.4 Å². The van der Waals surface area contributed by atoms with E-state index in [0.717, 1.165) is 17.1 Å². The average molecular weight is 361 g/mol. The van der Waals surface area contributed by atoms with Crippen LogP contribution in [0.25, 0.3) is 5.69 Å². The first-order valence-corrected chi connectivity index (χ1v) is 8.82. The second-order valence-electron chi connectivity index (χ2n) is 6.53. The van der Waals surface area contributed by atoms with Crippen LogP contribution in [0, 0.1) is 13.8 Å². The maximum absolute atomic E-state index is 12.9. The zero-order valence-corrected chi connectivity index (χ0v) is 15.8. The monoisotopic (exact) mass is 361 g/mol. The highest BCUT2D eigenvalue weighted by atomic mass is 16.2. The second-order valence-corrected chi connectivity index (χ2v) is 6.53. The number of aromatic nitrogens is 1. The largest absolute Gasteiger partial charge is 0.332 e. The lowest BCUT2D eigenvalue weighted by molar-refractivity contribution is -0.116. The van der Waals surface area contributed by atoms with Gasteiger partial charge in [-0.25, -0.2) is 0 Å². The molecule has 0 spiro atoms. The summed E-state index contributed by atoms with van der Waals surface area (Å²) in [4.78, 5) is 26.5. The highest BCUT2D eigenvalue weighted by molar-refractivity contribution is 6.00. The van der Waals surface area contributed by atoms with Gasteiger partial charge < -0.3 is 14.8 Å². The Morgan fingerprint density at radius 2 is 1.56 bits per heavy atom. The molecule has 1 heterocycles. The lowest BCUT2D eigenvalue weighted by Gasteiger charge is -2.17. The van der Waals surface area contributed by atoms with Gasteiger partial charge in [-0.15, -0.1) is 0 Å². The predicted octanol–water partition coefficient (Wildman–Crippen LogP) is 3.80. The molecule has 0 aliphatic carbocycles. The van der Waals surface area contributed by atoms with Crippen LogP contribution in [0.4, 0.5) is 5.69 Å². The van der Waals surface area contributed by atoms with Crippen molar-refractivity contribution in [3.05, 3.63) is 83.7 Å². The van der Waals surface area contributed by atoms with Crippen LogP contribution in [0.15, 0.2) is 66.7 Å². The van der Waals surface area contributed by atoms with Gasteiger partial charge in [0.25, 0.3) is 5.91 Å². The molecule has 3 rings (SSSR count). The SMILES string of the molecule is Cc1cc(C(=O)N(C)CC(=O)Nc2ccccc2)c(C)n1-c1ccccc1. The minimum atomic E-state index is -0.228. The number of nitrogens with zero attached hydrogens (tertiary/aromatic N) is 2.